The van der Waals surface area contributed by atoms with Crippen molar-refractivity contribution >= 4 is 0 Å². The van der Waals surface area contributed by atoms with E-state index in [2.05, 4.69) is 29.7 Å². The first kappa shape index (κ1) is 9.99. The molecule has 15 heavy (non-hydrogen) atoms. The van der Waals surface area contributed by atoms with Crippen molar-refractivity contribution in [2.45, 2.75) is 13.0 Å². The number of nitrogens with two attached hydrogens (primary N) is 1. The number of aryl methyl sites for hydroxylation is 2. The maximum atomic E-state index is 6.24. The summed E-state index contributed by atoms with van der Waals surface area (Å²) >= 11 is 0. The molecule has 2 heteroatoms. The second-order valence-corrected chi connectivity index (χ2v) is 3.88. The summed E-state index contributed by atoms with van der Waals surface area (Å²) in [5.74, 6) is 0. The Hall–Kier alpha value is -1.54. The van der Waals surface area contributed by atoms with Gasteiger partial charge in [-0.05, 0) is 30.2 Å². The van der Waals surface area contributed by atoms with Gasteiger partial charge in [-0.2, -0.15) is 0 Å². The van der Waals surface area contributed by atoms with Crippen LogP contribution in [-0.4, -0.2) is 4.57 Å². The average molecular weight is 200 g/mol. The molecule has 1 aromatic heterocycles. The van der Waals surface area contributed by atoms with Gasteiger partial charge in [0.05, 0.1) is 6.04 Å². The van der Waals surface area contributed by atoms with Crippen molar-refractivity contribution in [3.05, 3.63) is 59.4 Å². The predicted molar refractivity (Wildman–Crippen MR) is 62.6 cm³/mol. The molecular weight excluding hydrogens is 184 g/mol. The van der Waals surface area contributed by atoms with Gasteiger partial charge in [0.2, 0.25) is 0 Å². The Morgan fingerprint density at radius 2 is 1.87 bits per heavy atom. The zero-order valence-electron chi connectivity index (χ0n) is 9.14. The molecule has 0 radical (unpaired) electrons. The molecule has 0 fully saturated rings. The lowest BCUT2D eigenvalue weighted by Crippen LogP contribution is -2.16. The monoisotopic (exact) mass is 200 g/mol. The molecule has 1 heterocycles. The normalized spacial score (nSPS) is 12.7. The van der Waals surface area contributed by atoms with Crippen molar-refractivity contribution in [2.24, 2.45) is 12.8 Å². The average Bonchev–Trinajstić information content (AvgIpc) is 2.64. The van der Waals surface area contributed by atoms with E-state index in [4.69, 9.17) is 5.73 Å². The highest BCUT2D eigenvalue weighted by Gasteiger charge is 2.12. The van der Waals surface area contributed by atoms with Crippen LogP contribution in [0.1, 0.15) is 22.9 Å². The van der Waals surface area contributed by atoms with Crippen molar-refractivity contribution in [3.63, 3.8) is 0 Å². The number of aromatic nitrogens is 1. The van der Waals surface area contributed by atoms with Gasteiger partial charge in [0.1, 0.15) is 0 Å². The molecule has 0 amide bonds. The fourth-order valence-corrected chi connectivity index (χ4v) is 1.89. The van der Waals surface area contributed by atoms with Gasteiger partial charge in [0, 0.05) is 18.9 Å². The molecule has 0 spiro atoms. The van der Waals surface area contributed by atoms with Crippen LogP contribution in [0.15, 0.2) is 42.6 Å². The lowest BCUT2D eigenvalue weighted by atomic mass is 10.00. The standard InChI is InChI=1S/C13H16N2/c1-10-6-3-4-7-11(10)13(14)12-8-5-9-15(12)2/h3-9,13H,14H2,1-2H3. The molecule has 0 saturated carbocycles. The summed E-state index contributed by atoms with van der Waals surface area (Å²) in [7, 11) is 2.02. The topological polar surface area (TPSA) is 30.9 Å². The smallest absolute Gasteiger partial charge is 0.0708 e. The molecule has 2 rings (SSSR count). The van der Waals surface area contributed by atoms with Gasteiger partial charge < -0.3 is 10.3 Å². The quantitative estimate of drug-likeness (QED) is 0.792. The number of benzene rings is 1. The highest BCUT2D eigenvalue weighted by Crippen LogP contribution is 2.22. The van der Waals surface area contributed by atoms with Crippen molar-refractivity contribution in [1.82, 2.24) is 4.57 Å². The zero-order valence-corrected chi connectivity index (χ0v) is 9.14. The van der Waals surface area contributed by atoms with Crippen LogP contribution in [0.2, 0.25) is 0 Å². The van der Waals surface area contributed by atoms with Crippen LogP contribution in [0.3, 0.4) is 0 Å². The first-order chi connectivity index (χ1) is 7.20. The van der Waals surface area contributed by atoms with Crippen LogP contribution >= 0.6 is 0 Å². The van der Waals surface area contributed by atoms with E-state index < -0.39 is 0 Å². The number of hydrogen-bond donors (Lipinski definition) is 1. The summed E-state index contributed by atoms with van der Waals surface area (Å²) in [6.45, 7) is 2.10. The molecule has 78 valence electrons. The van der Waals surface area contributed by atoms with E-state index in [-0.39, 0.29) is 6.04 Å². The van der Waals surface area contributed by atoms with Crippen LogP contribution in [0.4, 0.5) is 0 Å². The lowest BCUT2D eigenvalue weighted by Gasteiger charge is -2.15. The Morgan fingerprint density at radius 3 is 2.47 bits per heavy atom. The Morgan fingerprint density at radius 1 is 1.13 bits per heavy atom. The van der Waals surface area contributed by atoms with Crippen LogP contribution < -0.4 is 5.73 Å². The van der Waals surface area contributed by atoms with E-state index in [0.717, 1.165) is 5.69 Å². The third kappa shape index (κ3) is 1.81. The minimum absolute atomic E-state index is 0.0359. The largest absolute Gasteiger partial charge is 0.353 e. The lowest BCUT2D eigenvalue weighted by molar-refractivity contribution is 0.743. The molecule has 0 bridgehead atoms. The van der Waals surface area contributed by atoms with Gasteiger partial charge in [-0.1, -0.05) is 24.3 Å². The fraction of sp³-hybridized carbons (Fsp3) is 0.231. The van der Waals surface area contributed by atoms with Gasteiger partial charge in [-0.15, -0.1) is 0 Å². The van der Waals surface area contributed by atoms with Crippen molar-refractivity contribution < 1.29 is 0 Å². The fourth-order valence-electron chi connectivity index (χ4n) is 1.89. The third-order valence-corrected chi connectivity index (χ3v) is 2.83. The third-order valence-electron chi connectivity index (χ3n) is 2.83. The van der Waals surface area contributed by atoms with Crippen LogP contribution in [-0.2, 0) is 7.05 Å². The number of nitrogens with zero attached hydrogens (tertiary/aromatic N) is 1. The highest BCUT2D eigenvalue weighted by atomic mass is 14.9. The SMILES string of the molecule is Cc1ccccc1C(N)c1cccn1C. The van der Waals surface area contributed by atoms with Crippen LogP contribution in [0.25, 0.3) is 0 Å². The van der Waals surface area contributed by atoms with Gasteiger partial charge in [0.25, 0.3) is 0 Å². The van der Waals surface area contributed by atoms with Gasteiger partial charge in [-0.3, -0.25) is 0 Å². The van der Waals surface area contributed by atoms with E-state index in [1.165, 1.54) is 11.1 Å². The minimum Gasteiger partial charge on any atom is -0.353 e. The van der Waals surface area contributed by atoms with E-state index in [0.29, 0.717) is 0 Å². The predicted octanol–water partition coefficient (Wildman–Crippen LogP) is 2.38. The van der Waals surface area contributed by atoms with Gasteiger partial charge in [0.15, 0.2) is 0 Å². The summed E-state index contributed by atoms with van der Waals surface area (Å²) in [6.07, 6.45) is 2.02. The van der Waals surface area contributed by atoms with E-state index >= 15 is 0 Å². The molecule has 2 nitrogen and oxygen atoms in total. The molecule has 1 aromatic carbocycles. The summed E-state index contributed by atoms with van der Waals surface area (Å²) in [6, 6.07) is 12.3. The van der Waals surface area contributed by atoms with Crippen LogP contribution in [0.5, 0.6) is 0 Å². The summed E-state index contributed by atoms with van der Waals surface area (Å²) in [5, 5.41) is 0. The van der Waals surface area contributed by atoms with E-state index in [1.807, 2.05) is 31.4 Å². The molecule has 0 aliphatic carbocycles. The molecule has 0 aliphatic heterocycles. The molecule has 2 aromatic rings. The maximum Gasteiger partial charge on any atom is 0.0708 e. The Bertz CT molecular complexity index is 457. The molecule has 1 atom stereocenters. The zero-order chi connectivity index (χ0) is 10.8. The van der Waals surface area contributed by atoms with Crippen molar-refractivity contribution in [3.8, 4) is 0 Å². The first-order valence-electron chi connectivity index (χ1n) is 5.12. The number of rotatable bonds is 2. The van der Waals surface area contributed by atoms with Crippen molar-refractivity contribution in [1.29, 1.82) is 0 Å². The second-order valence-electron chi connectivity index (χ2n) is 3.88. The second kappa shape index (κ2) is 3.91. The molecule has 0 aliphatic rings. The number of hydrogen-bond acceptors (Lipinski definition) is 1. The molecule has 0 saturated heterocycles. The van der Waals surface area contributed by atoms with Gasteiger partial charge in [-0.25, -0.2) is 0 Å². The van der Waals surface area contributed by atoms with Gasteiger partial charge >= 0.3 is 0 Å². The minimum atomic E-state index is -0.0359. The highest BCUT2D eigenvalue weighted by molar-refractivity contribution is 5.34. The van der Waals surface area contributed by atoms with Crippen LogP contribution in [0, 0.1) is 6.92 Å². The molecule has 1 unspecified atom stereocenters. The molecule has 2 N–H and O–H groups in total. The Kier molecular flexibility index (Phi) is 2.60. The summed E-state index contributed by atoms with van der Waals surface area (Å²) in [5.41, 5.74) is 9.82. The Labute approximate surface area is 90.3 Å². The van der Waals surface area contributed by atoms with Crippen molar-refractivity contribution in [2.75, 3.05) is 0 Å². The Balaban J connectivity index is 2.41. The summed E-state index contributed by atoms with van der Waals surface area (Å²) in [4.78, 5) is 0. The maximum absolute atomic E-state index is 6.24. The molecular formula is C13H16N2. The van der Waals surface area contributed by atoms with E-state index in [9.17, 15) is 0 Å². The first-order valence-corrected chi connectivity index (χ1v) is 5.12. The van der Waals surface area contributed by atoms with E-state index in [1.54, 1.807) is 0 Å². The summed E-state index contributed by atoms with van der Waals surface area (Å²) < 4.78 is 2.07.